The van der Waals surface area contributed by atoms with E-state index in [-0.39, 0.29) is 10.1 Å². The lowest BCUT2D eigenvalue weighted by Crippen LogP contribution is -2.39. The van der Waals surface area contributed by atoms with Gasteiger partial charge in [-0.05, 0) is 67.8 Å². The number of carbonyl (C=O) groups excluding carboxylic acids is 1. The molecule has 1 saturated carbocycles. The highest BCUT2D eigenvalue weighted by molar-refractivity contribution is 7.99. The van der Waals surface area contributed by atoms with Crippen molar-refractivity contribution in [3.63, 3.8) is 0 Å². The number of hydrogen-bond acceptors (Lipinski definition) is 6. The Labute approximate surface area is 188 Å². The molecule has 1 aliphatic rings. The van der Waals surface area contributed by atoms with Crippen molar-refractivity contribution >= 4 is 56.3 Å². The van der Waals surface area contributed by atoms with Crippen LogP contribution in [0.25, 0.3) is 0 Å². The van der Waals surface area contributed by atoms with Gasteiger partial charge in [-0.15, -0.1) is 11.3 Å². The van der Waals surface area contributed by atoms with E-state index in [2.05, 4.69) is 15.0 Å². The zero-order valence-corrected chi connectivity index (χ0v) is 18.9. The van der Waals surface area contributed by atoms with Gasteiger partial charge in [0.05, 0.1) is 9.90 Å². The van der Waals surface area contributed by atoms with E-state index in [1.54, 1.807) is 36.5 Å². The molecule has 10 heteroatoms. The third-order valence-corrected chi connectivity index (χ3v) is 8.64. The first-order valence-corrected chi connectivity index (χ1v) is 12.7. The quantitative estimate of drug-likeness (QED) is 0.496. The molecule has 2 heterocycles. The van der Waals surface area contributed by atoms with Crippen molar-refractivity contribution in [1.82, 2.24) is 10.3 Å². The van der Waals surface area contributed by atoms with Crippen LogP contribution in [0.5, 0.6) is 0 Å². The number of thiophene rings is 1. The lowest BCUT2D eigenvalue weighted by atomic mass is 9.93. The minimum atomic E-state index is -3.66. The number of benzene rings is 1. The highest BCUT2D eigenvalue weighted by atomic mass is 35.5. The monoisotopic (exact) mass is 479 g/mol. The van der Waals surface area contributed by atoms with Gasteiger partial charge in [-0.2, -0.15) is 0 Å². The molecule has 2 N–H and O–H groups in total. The number of carbonyl (C=O) groups is 1. The van der Waals surface area contributed by atoms with Crippen molar-refractivity contribution in [2.45, 2.75) is 39.4 Å². The van der Waals surface area contributed by atoms with E-state index in [1.165, 1.54) is 24.2 Å². The van der Waals surface area contributed by atoms with Crippen molar-refractivity contribution in [1.29, 1.82) is 0 Å². The third-order valence-electron chi connectivity index (χ3n) is 4.58. The Morgan fingerprint density at radius 1 is 1.10 bits per heavy atom. The predicted molar refractivity (Wildman–Crippen MR) is 120 cm³/mol. The van der Waals surface area contributed by atoms with Crippen LogP contribution in [0.3, 0.4) is 0 Å². The zero-order valence-electron chi connectivity index (χ0n) is 15.7. The minimum absolute atomic E-state index is 0.0904. The van der Waals surface area contributed by atoms with Gasteiger partial charge in [-0.3, -0.25) is 9.52 Å². The summed E-state index contributed by atoms with van der Waals surface area (Å²) in [4.78, 5) is 17.4. The first kappa shape index (κ1) is 21.2. The summed E-state index contributed by atoms with van der Waals surface area (Å²) in [6.07, 6.45) is 4.83. The summed E-state index contributed by atoms with van der Waals surface area (Å²) in [7, 11) is -3.66. The molecule has 0 spiro atoms. The maximum Gasteiger partial charge on any atom is 0.271 e. The minimum Gasteiger partial charge on any atom is -0.349 e. The van der Waals surface area contributed by atoms with Gasteiger partial charge in [-0.25, -0.2) is 13.4 Å². The van der Waals surface area contributed by atoms with Gasteiger partial charge < -0.3 is 5.32 Å². The Kier molecular flexibility index (Phi) is 6.33. The smallest absolute Gasteiger partial charge is 0.271 e. The second-order valence-electron chi connectivity index (χ2n) is 6.78. The van der Waals surface area contributed by atoms with Crippen molar-refractivity contribution in [3.05, 3.63) is 64.6 Å². The molecule has 0 saturated heterocycles. The van der Waals surface area contributed by atoms with Crippen molar-refractivity contribution in [2.75, 3.05) is 4.72 Å². The van der Waals surface area contributed by atoms with Crippen molar-refractivity contribution < 1.29 is 13.2 Å². The van der Waals surface area contributed by atoms with E-state index in [0.717, 1.165) is 34.1 Å². The molecule has 1 amide bonds. The molecule has 30 heavy (non-hydrogen) atoms. The highest BCUT2D eigenvalue weighted by Crippen LogP contribution is 2.30. The van der Waals surface area contributed by atoms with Crippen LogP contribution < -0.4 is 10.0 Å². The summed E-state index contributed by atoms with van der Waals surface area (Å²) >= 11 is 8.25. The molecule has 2 aromatic heterocycles. The lowest BCUT2D eigenvalue weighted by molar-refractivity contribution is 0.0916. The zero-order chi connectivity index (χ0) is 21.1. The molecule has 0 bridgehead atoms. The van der Waals surface area contributed by atoms with Gasteiger partial charge >= 0.3 is 0 Å². The van der Waals surface area contributed by atoms with Gasteiger partial charge in [-0.1, -0.05) is 23.4 Å². The van der Waals surface area contributed by atoms with Crippen molar-refractivity contribution in [2.24, 2.45) is 0 Å². The van der Waals surface area contributed by atoms with Crippen LogP contribution in [0, 0.1) is 0 Å². The number of amides is 1. The molecule has 156 valence electrons. The van der Waals surface area contributed by atoms with E-state index in [1.807, 2.05) is 12.1 Å². The number of hydrogen-bond donors (Lipinski definition) is 2. The van der Waals surface area contributed by atoms with Gasteiger partial charge in [0.25, 0.3) is 15.9 Å². The average Bonchev–Trinajstić information content (AvgIpc) is 3.14. The van der Waals surface area contributed by atoms with Crippen LogP contribution in [-0.4, -0.2) is 25.4 Å². The molecule has 0 radical (unpaired) electrons. The maximum atomic E-state index is 12.4. The molecule has 1 fully saturated rings. The fourth-order valence-electron chi connectivity index (χ4n) is 2.76. The molecule has 0 atom stereocenters. The van der Waals surface area contributed by atoms with Gasteiger partial charge in [0.15, 0.2) is 0 Å². The molecule has 6 nitrogen and oxygen atoms in total. The average molecular weight is 480 g/mol. The van der Waals surface area contributed by atoms with E-state index in [9.17, 15) is 13.2 Å². The Hall–Kier alpha value is -2.07. The van der Waals surface area contributed by atoms with E-state index in [4.69, 9.17) is 11.6 Å². The number of nitrogens with one attached hydrogen (secondary N) is 2. The normalized spacial score (nSPS) is 14.2. The number of anilines is 1. The van der Waals surface area contributed by atoms with Crippen molar-refractivity contribution in [3.8, 4) is 0 Å². The van der Waals surface area contributed by atoms with Crippen LogP contribution in [0.2, 0.25) is 4.34 Å². The van der Waals surface area contributed by atoms with Gasteiger partial charge in [0.1, 0.15) is 9.24 Å². The predicted octanol–water partition coefficient (Wildman–Crippen LogP) is 5.03. The number of halogens is 1. The number of nitrogens with zero attached hydrogens (tertiary/aromatic N) is 1. The molecule has 1 aromatic carbocycles. The topological polar surface area (TPSA) is 88.2 Å². The summed E-state index contributed by atoms with van der Waals surface area (Å²) in [5, 5.41) is 3.74. The van der Waals surface area contributed by atoms with Crippen LogP contribution >= 0.6 is 34.7 Å². The molecular formula is C20H18ClN3O3S3. The first-order chi connectivity index (χ1) is 14.4. The van der Waals surface area contributed by atoms with Crippen LogP contribution in [0.4, 0.5) is 5.69 Å². The molecule has 0 unspecified atom stereocenters. The first-order valence-electron chi connectivity index (χ1n) is 9.22. The van der Waals surface area contributed by atoms with E-state index in [0.29, 0.717) is 21.6 Å². The lowest BCUT2D eigenvalue weighted by Gasteiger charge is -2.26. The number of aromatic nitrogens is 1. The standard InChI is InChI=1S/C20H18ClN3O3S3/c21-17-9-11-19(29-17)30(26,27)24-15-5-7-16(8-6-15)28-18-10-4-13(12-22-18)20(25)23-14-2-1-3-14/h4-12,14,24H,1-3H2,(H,23,25). The summed E-state index contributed by atoms with van der Waals surface area (Å²) in [5.41, 5.74) is 1.00. The molecule has 4 rings (SSSR count). The second kappa shape index (κ2) is 8.97. The third kappa shape index (κ3) is 5.15. The van der Waals surface area contributed by atoms with Gasteiger partial charge in [0, 0.05) is 22.8 Å². The Morgan fingerprint density at radius 2 is 1.87 bits per heavy atom. The largest absolute Gasteiger partial charge is 0.349 e. The Morgan fingerprint density at radius 3 is 2.43 bits per heavy atom. The SMILES string of the molecule is O=C(NC1CCC1)c1ccc(Sc2ccc(NS(=O)(=O)c3ccc(Cl)s3)cc2)nc1. The maximum absolute atomic E-state index is 12.4. The number of rotatable bonds is 7. The molecule has 3 aromatic rings. The fraction of sp³-hybridized carbons (Fsp3) is 0.200. The summed E-state index contributed by atoms with van der Waals surface area (Å²) in [5.74, 6) is -0.0904. The van der Waals surface area contributed by atoms with E-state index < -0.39 is 10.0 Å². The molecule has 0 aliphatic heterocycles. The van der Waals surface area contributed by atoms with E-state index >= 15 is 0 Å². The fourth-order valence-corrected chi connectivity index (χ4v) is 6.05. The number of sulfonamides is 1. The summed E-state index contributed by atoms with van der Waals surface area (Å²) in [6.45, 7) is 0. The van der Waals surface area contributed by atoms with Crippen LogP contribution in [0.15, 0.2) is 68.9 Å². The summed E-state index contributed by atoms with van der Waals surface area (Å²) < 4.78 is 27.8. The second-order valence-corrected chi connectivity index (χ2v) is 11.5. The Balaban J connectivity index is 1.36. The van der Waals surface area contributed by atoms with Crippen LogP contribution in [0.1, 0.15) is 29.6 Å². The molecular weight excluding hydrogens is 462 g/mol. The summed E-state index contributed by atoms with van der Waals surface area (Å²) in [6, 6.07) is 13.9. The number of pyridine rings is 1. The Bertz CT molecular complexity index is 1140. The molecule has 1 aliphatic carbocycles. The van der Waals surface area contributed by atoms with Gasteiger partial charge in [0.2, 0.25) is 0 Å². The van der Waals surface area contributed by atoms with Crippen LogP contribution in [-0.2, 0) is 10.0 Å². The highest BCUT2D eigenvalue weighted by Gasteiger charge is 2.20.